The van der Waals surface area contributed by atoms with Crippen molar-refractivity contribution in [2.24, 2.45) is 5.73 Å². The third kappa shape index (κ3) is 4.29. The van der Waals surface area contributed by atoms with E-state index in [9.17, 15) is 0 Å². The predicted molar refractivity (Wildman–Crippen MR) is 82.2 cm³/mol. The summed E-state index contributed by atoms with van der Waals surface area (Å²) >= 11 is 0. The molecule has 0 saturated carbocycles. The van der Waals surface area contributed by atoms with Crippen molar-refractivity contribution in [1.82, 2.24) is 9.88 Å². The normalized spacial score (nSPS) is 12.1. The van der Waals surface area contributed by atoms with Crippen LogP contribution in [0.1, 0.15) is 45.6 Å². The maximum atomic E-state index is 6.07. The van der Waals surface area contributed by atoms with Crippen LogP contribution >= 0.6 is 0 Å². The zero-order chi connectivity index (χ0) is 14.1. The van der Waals surface area contributed by atoms with Gasteiger partial charge in [-0.05, 0) is 43.9 Å². The van der Waals surface area contributed by atoms with E-state index in [2.05, 4.69) is 36.7 Å². The van der Waals surface area contributed by atoms with E-state index in [-0.39, 0.29) is 5.54 Å². The Kier molecular flexibility index (Phi) is 7.03. The van der Waals surface area contributed by atoms with Crippen molar-refractivity contribution in [2.75, 3.05) is 19.6 Å². The van der Waals surface area contributed by atoms with E-state index in [1.165, 1.54) is 12.0 Å². The zero-order valence-electron chi connectivity index (χ0n) is 12.7. The molecule has 0 amide bonds. The maximum absolute atomic E-state index is 6.07. The van der Waals surface area contributed by atoms with E-state index >= 15 is 0 Å². The van der Waals surface area contributed by atoms with Crippen LogP contribution in [0.2, 0.25) is 0 Å². The number of hydrogen-bond donors (Lipinski definition) is 1. The minimum Gasteiger partial charge on any atom is -0.329 e. The molecule has 0 bridgehead atoms. The minimum absolute atomic E-state index is 0.165. The number of pyridine rings is 1. The zero-order valence-corrected chi connectivity index (χ0v) is 12.7. The van der Waals surface area contributed by atoms with Gasteiger partial charge in [-0.2, -0.15) is 0 Å². The third-order valence-corrected chi connectivity index (χ3v) is 4.25. The Morgan fingerprint density at radius 1 is 1.21 bits per heavy atom. The molecule has 0 atom stereocenters. The molecule has 1 aromatic rings. The van der Waals surface area contributed by atoms with Gasteiger partial charge < -0.3 is 5.73 Å². The molecule has 2 N–H and O–H groups in total. The maximum Gasteiger partial charge on any atom is 0.0326 e. The van der Waals surface area contributed by atoms with Crippen LogP contribution in [-0.2, 0) is 6.42 Å². The Hall–Kier alpha value is -0.930. The van der Waals surface area contributed by atoms with Crippen molar-refractivity contribution in [2.45, 2.75) is 52.0 Å². The van der Waals surface area contributed by atoms with E-state index in [0.717, 1.165) is 38.9 Å². The number of nitrogens with two attached hydrogens (primary N) is 1. The third-order valence-electron chi connectivity index (χ3n) is 4.25. The molecule has 0 aromatic carbocycles. The van der Waals surface area contributed by atoms with E-state index in [1.807, 2.05) is 18.5 Å². The smallest absolute Gasteiger partial charge is 0.0326 e. The molecule has 1 aromatic heterocycles. The van der Waals surface area contributed by atoms with Crippen molar-refractivity contribution >= 4 is 0 Å². The molecular weight excluding hydrogens is 234 g/mol. The van der Waals surface area contributed by atoms with E-state index in [4.69, 9.17) is 5.73 Å². The Labute approximate surface area is 118 Å². The second-order valence-corrected chi connectivity index (χ2v) is 5.23. The fourth-order valence-electron chi connectivity index (χ4n) is 2.78. The highest BCUT2D eigenvalue weighted by atomic mass is 15.2. The first-order chi connectivity index (χ1) is 9.22. The number of aromatic nitrogens is 1. The monoisotopic (exact) mass is 263 g/mol. The Bertz CT molecular complexity index is 325. The van der Waals surface area contributed by atoms with Gasteiger partial charge in [-0.25, -0.2) is 0 Å². The SMILES string of the molecule is CCCN(CCc1cccnc1)C(CC)(CC)CN. The van der Waals surface area contributed by atoms with Gasteiger partial charge in [0.15, 0.2) is 0 Å². The lowest BCUT2D eigenvalue weighted by Gasteiger charge is -2.42. The molecule has 0 aliphatic carbocycles. The summed E-state index contributed by atoms with van der Waals surface area (Å²) in [5.41, 5.74) is 7.55. The summed E-state index contributed by atoms with van der Waals surface area (Å²) in [6.07, 6.45) is 8.26. The van der Waals surface area contributed by atoms with Gasteiger partial charge in [0, 0.05) is 31.0 Å². The summed E-state index contributed by atoms with van der Waals surface area (Å²) in [5.74, 6) is 0. The Balaban J connectivity index is 2.71. The second-order valence-electron chi connectivity index (χ2n) is 5.23. The van der Waals surface area contributed by atoms with Gasteiger partial charge in [0.1, 0.15) is 0 Å². The van der Waals surface area contributed by atoms with Crippen LogP contribution in [-0.4, -0.2) is 35.1 Å². The fraction of sp³-hybridized carbons (Fsp3) is 0.688. The van der Waals surface area contributed by atoms with Crippen molar-refractivity contribution < 1.29 is 0 Å². The van der Waals surface area contributed by atoms with Crippen LogP contribution in [0.15, 0.2) is 24.5 Å². The van der Waals surface area contributed by atoms with Gasteiger partial charge in [0.2, 0.25) is 0 Å². The molecule has 0 spiro atoms. The molecule has 0 unspecified atom stereocenters. The molecule has 1 heterocycles. The Morgan fingerprint density at radius 3 is 2.42 bits per heavy atom. The van der Waals surface area contributed by atoms with Crippen LogP contribution < -0.4 is 5.73 Å². The quantitative estimate of drug-likeness (QED) is 0.745. The van der Waals surface area contributed by atoms with E-state index in [0.29, 0.717) is 0 Å². The molecular formula is C16H29N3. The van der Waals surface area contributed by atoms with Crippen LogP contribution in [0.5, 0.6) is 0 Å². The van der Waals surface area contributed by atoms with Crippen molar-refractivity contribution in [3.63, 3.8) is 0 Å². The molecule has 0 aliphatic rings. The summed E-state index contributed by atoms with van der Waals surface area (Å²) in [6.45, 7) is 9.68. The first-order valence-electron chi connectivity index (χ1n) is 7.56. The summed E-state index contributed by atoms with van der Waals surface area (Å²) in [4.78, 5) is 6.77. The molecule has 0 aliphatic heterocycles. The Morgan fingerprint density at radius 2 is 1.95 bits per heavy atom. The average Bonchev–Trinajstić information content (AvgIpc) is 2.48. The highest BCUT2D eigenvalue weighted by Gasteiger charge is 2.30. The first-order valence-corrected chi connectivity index (χ1v) is 7.56. The lowest BCUT2D eigenvalue weighted by Crippen LogP contribution is -2.54. The van der Waals surface area contributed by atoms with Gasteiger partial charge >= 0.3 is 0 Å². The number of nitrogens with zero attached hydrogens (tertiary/aromatic N) is 2. The van der Waals surface area contributed by atoms with Gasteiger partial charge in [-0.15, -0.1) is 0 Å². The molecule has 19 heavy (non-hydrogen) atoms. The van der Waals surface area contributed by atoms with E-state index < -0.39 is 0 Å². The lowest BCUT2D eigenvalue weighted by atomic mass is 9.90. The number of rotatable bonds is 9. The standard InChI is InChI=1S/C16H29N3/c1-4-11-19(16(5-2,6-3)14-17)12-9-15-8-7-10-18-13-15/h7-8,10,13H,4-6,9,11-12,14,17H2,1-3H3. The summed E-state index contributed by atoms with van der Waals surface area (Å²) in [5, 5.41) is 0. The summed E-state index contributed by atoms with van der Waals surface area (Å²) in [7, 11) is 0. The summed E-state index contributed by atoms with van der Waals surface area (Å²) in [6, 6.07) is 4.16. The molecule has 0 saturated heterocycles. The van der Waals surface area contributed by atoms with Crippen molar-refractivity contribution in [3.05, 3.63) is 30.1 Å². The van der Waals surface area contributed by atoms with Crippen LogP contribution in [0.4, 0.5) is 0 Å². The summed E-state index contributed by atoms with van der Waals surface area (Å²) < 4.78 is 0. The van der Waals surface area contributed by atoms with Gasteiger partial charge in [0.25, 0.3) is 0 Å². The van der Waals surface area contributed by atoms with Crippen molar-refractivity contribution in [1.29, 1.82) is 0 Å². The minimum atomic E-state index is 0.165. The molecule has 1 rings (SSSR count). The van der Waals surface area contributed by atoms with Gasteiger partial charge in [-0.3, -0.25) is 9.88 Å². The molecule has 3 heteroatoms. The largest absolute Gasteiger partial charge is 0.329 e. The molecule has 0 radical (unpaired) electrons. The molecule has 108 valence electrons. The highest BCUT2D eigenvalue weighted by Crippen LogP contribution is 2.23. The van der Waals surface area contributed by atoms with Crippen LogP contribution in [0.3, 0.4) is 0 Å². The van der Waals surface area contributed by atoms with Crippen LogP contribution in [0, 0.1) is 0 Å². The van der Waals surface area contributed by atoms with Crippen LogP contribution in [0.25, 0.3) is 0 Å². The van der Waals surface area contributed by atoms with Gasteiger partial charge in [-0.1, -0.05) is 26.8 Å². The lowest BCUT2D eigenvalue weighted by molar-refractivity contribution is 0.0858. The number of hydrogen-bond acceptors (Lipinski definition) is 3. The first kappa shape index (κ1) is 16.1. The topological polar surface area (TPSA) is 42.2 Å². The highest BCUT2D eigenvalue weighted by molar-refractivity contribution is 5.09. The molecule has 3 nitrogen and oxygen atoms in total. The average molecular weight is 263 g/mol. The van der Waals surface area contributed by atoms with Gasteiger partial charge in [0.05, 0.1) is 0 Å². The predicted octanol–water partition coefficient (Wildman–Crippen LogP) is 2.85. The van der Waals surface area contributed by atoms with Crippen molar-refractivity contribution in [3.8, 4) is 0 Å². The fourth-order valence-corrected chi connectivity index (χ4v) is 2.78. The molecule has 0 fully saturated rings. The second kappa shape index (κ2) is 8.28. The van der Waals surface area contributed by atoms with E-state index in [1.54, 1.807) is 0 Å².